The monoisotopic (exact) mass is 525 g/mol. The molecule has 200 valence electrons. The highest BCUT2D eigenvalue weighted by atomic mass is 19.4. The van der Waals surface area contributed by atoms with Gasteiger partial charge in [-0.05, 0) is 51.5 Å². The molecule has 1 aromatic carbocycles. The minimum atomic E-state index is -5.07. The molecule has 3 atom stereocenters. The van der Waals surface area contributed by atoms with Crippen LogP contribution < -0.4 is 15.0 Å². The maximum atomic E-state index is 14.4. The van der Waals surface area contributed by atoms with Crippen molar-refractivity contribution in [3.05, 3.63) is 53.6 Å². The van der Waals surface area contributed by atoms with E-state index in [9.17, 15) is 27.5 Å². The van der Waals surface area contributed by atoms with E-state index in [0.717, 1.165) is 18.2 Å². The Balaban J connectivity index is 1.62. The number of aliphatic hydroxyl groups is 1. The number of fused-ring (bicyclic) bond motifs is 1. The molecule has 0 saturated carbocycles. The number of aromatic nitrogens is 3. The number of benzene rings is 1. The number of carbonyl (C=O) groups is 1. The van der Waals surface area contributed by atoms with E-state index in [-0.39, 0.29) is 29.0 Å². The molecule has 2 aromatic heterocycles. The van der Waals surface area contributed by atoms with Gasteiger partial charge in [0.25, 0.3) is 5.91 Å². The number of hydrogen-bond acceptors (Lipinski definition) is 7. The van der Waals surface area contributed by atoms with Crippen molar-refractivity contribution in [1.82, 2.24) is 19.9 Å². The molecule has 3 aromatic rings. The Morgan fingerprint density at radius 2 is 1.89 bits per heavy atom. The number of rotatable bonds is 6. The highest BCUT2D eigenvalue weighted by molar-refractivity contribution is 6.00. The molecule has 3 heterocycles. The van der Waals surface area contributed by atoms with Gasteiger partial charge in [-0.3, -0.25) is 4.79 Å². The Labute approximate surface area is 210 Å². The summed E-state index contributed by atoms with van der Waals surface area (Å²) in [6, 6.07) is 3.29. The minimum absolute atomic E-state index is 0.00434. The largest absolute Gasteiger partial charge is 0.573 e. The zero-order valence-corrected chi connectivity index (χ0v) is 20.6. The number of ether oxygens (including phenoxy) is 2. The molecule has 1 saturated heterocycles. The second-order valence-electron chi connectivity index (χ2n) is 9.57. The Hall–Kier alpha value is -3.45. The van der Waals surface area contributed by atoms with E-state index in [4.69, 9.17) is 4.74 Å². The molecule has 2 N–H and O–H groups in total. The van der Waals surface area contributed by atoms with Crippen LogP contribution in [0.4, 0.5) is 23.4 Å². The molecule has 1 fully saturated rings. The normalized spacial score (nSPS) is 19.6. The first-order valence-corrected chi connectivity index (χ1v) is 11.5. The number of carbonyl (C=O) groups excluding carboxylic acids is 1. The summed E-state index contributed by atoms with van der Waals surface area (Å²) >= 11 is 0. The fourth-order valence-corrected chi connectivity index (χ4v) is 4.34. The second-order valence-corrected chi connectivity index (χ2v) is 9.57. The third-order valence-electron chi connectivity index (χ3n) is 5.84. The zero-order chi connectivity index (χ0) is 27.1. The van der Waals surface area contributed by atoms with Crippen LogP contribution in [-0.2, 0) is 4.74 Å². The second kappa shape index (κ2) is 9.78. The number of alkyl halides is 3. The molecule has 0 bridgehead atoms. The highest BCUT2D eigenvalue weighted by Crippen LogP contribution is 2.32. The van der Waals surface area contributed by atoms with Crippen LogP contribution in [0, 0.1) is 5.82 Å². The number of halogens is 4. The van der Waals surface area contributed by atoms with Crippen LogP contribution in [0.15, 0.2) is 36.7 Å². The predicted octanol–water partition coefficient (Wildman–Crippen LogP) is 3.62. The van der Waals surface area contributed by atoms with Gasteiger partial charge in [0.15, 0.2) is 17.2 Å². The maximum Gasteiger partial charge on any atom is 0.573 e. The summed E-state index contributed by atoms with van der Waals surface area (Å²) in [6.45, 7) is 7.90. The van der Waals surface area contributed by atoms with Gasteiger partial charge >= 0.3 is 6.36 Å². The Morgan fingerprint density at radius 3 is 2.49 bits per heavy atom. The van der Waals surface area contributed by atoms with Crippen LogP contribution in [0.25, 0.3) is 5.65 Å². The first-order chi connectivity index (χ1) is 17.2. The summed E-state index contributed by atoms with van der Waals surface area (Å²) < 4.78 is 62.7. The van der Waals surface area contributed by atoms with Crippen LogP contribution >= 0.6 is 0 Å². The standard InChI is InChI=1S/C24H27F4N5O4/c1-13-11-32(12-14(2)36-13)19-7-8-33-21(30-19)16(10-29-33)22(34)31-20(23(3,4)35)15-5-6-18(17(25)9-15)37-24(26,27)28/h5-10,13-14,20,35H,11-12H2,1-4H3,(H,31,34)/t13-,14+,20?. The van der Waals surface area contributed by atoms with E-state index in [1.165, 1.54) is 24.6 Å². The van der Waals surface area contributed by atoms with Crippen LogP contribution in [0.5, 0.6) is 5.75 Å². The molecule has 1 aliphatic heterocycles. The van der Waals surface area contributed by atoms with Crippen molar-refractivity contribution >= 4 is 17.4 Å². The molecular weight excluding hydrogens is 498 g/mol. The fourth-order valence-electron chi connectivity index (χ4n) is 4.34. The fraction of sp³-hybridized carbons (Fsp3) is 0.458. The van der Waals surface area contributed by atoms with Crippen LogP contribution in [0.3, 0.4) is 0 Å². The SMILES string of the molecule is C[C@@H]1CN(c2ccn3ncc(C(=O)NC(c4ccc(OC(F)(F)F)c(F)c4)C(C)(C)O)c3n2)C[C@H](C)O1. The molecule has 0 radical (unpaired) electrons. The Morgan fingerprint density at radius 1 is 1.22 bits per heavy atom. The predicted molar refractivity (Wildman–Crippen MR) is 125 cm³/mol. The molecule has 1 unspecified atom stereocenters. The van der Waals surface area contributed by atoms with Crippen molar-refractivity contribution < 1.29 is 36.9 Å². The van der Waals surface area contributed by atoms with Crippen molar-refractivity contribution in [3.8, 4) is 5.75 Å². The van der Waals surface area contributed by atoms with Gasteiger partial charge in [-0.25, -0.2) is 13.9 Å². The molecule has 9 nitrogen and oxygen atoms in total. The number of morpholine rings is 1. The van der Waals surface area contributed by atoms with Gasteiger partial charge in [0, 0.05) is 19.3 Å². The highest BCUT2D eigenvalue weighted by Gasteiger charge is 2.35. The van der Waals surface area contributed by atoms with Gasteiger partial charge in [-0.15, -0.1) is 13.2 Å². The van der Waals surface area contributed by atoms with Gasteiger partial charge in [0.2, 0.25) is 0 Å². The quantitative estimate of drug-likeness (QED) is 0.474. The average Bonchev–Trinajstić information content (AvgIpc) is 3.20. The van der Waals surface area contributed by atoms with E-state index >= 15 is 0 Å². The summed E-state index contributed by atoms with van der Waals surface area (Å²) in [6.07, 6.45) is -2.10. The van der Waals surface area contributed by atoms with E-state index in [2.05, 4.69) is 20.1 Å². The van der Waals surface area contributed by atoms with E-state index < -0.39 is 35.5 Å². The molecule has 37 heavy (non-hydrogen) atoms. The third kappa shape index (κ3) is 6.10. The molecule has 4 rings (SSSR count). The Kier molecular flexibility index (Phi) is 7.04. The lowest BCUT2D eigenvalue weighted by Gasteiger charge is -2.36. The lowest BCUT2D eigenvalue weighted by atomic mass is 9.91. The average molecular weight is 526 g/mol. The maximum absolute atomic E-state index is 14.4. The van der Waals surface area contributed by atoms with E-state index in [1.54, 1.807) is 12.3 Å². The summed E-state index contributed by atoms with van der Waals surface area (Å²) in [5, 5.41) is 17.5. The zero-order valence-electron chi connectivity index (χ0n) is 20.6. The first kappa shape index (κ1) is 26.6. The summed E-state index contributed by atoms with van der Waals surface area (Å²) in [4.78, 5) is 19.9. The molecule has 13 heteroatoms. The van der Waals surface area contributed by atoms with Crippen molar-refractivity contribution in [2.45, 2.75) is 57.9 Å². The van der Waals surface area contributed by atoms with Gasteiger partial charge in [0.1, 0.15) is 11.4 Å². The summed E-state index contributed by atoms with van der Waals surface area (Å²) in [7, 11) is 0. The molecule has 0 spiro atoms. The van der Waals surface area contributed by atoms with E-state index in [1.807, 2.05) is 18.7 Å². The van der Waals surface area contributed by atoms with Crippen molar-refractivity contribution in [2.24, 2.45) is 0 Å². The van der Waals surface area contributed by atoms with E-state index in [0.29, 0.717) is 18.9 Å². The van der Waals surface area contributed by atoms with Crippen LogP contribution in [0.2, 0.25) is 0 Å². The van der Waals surface area contributed by atoms with Crippen LogP contribution in [-0.4, -0.2) is 62.9 Å². The topological polar surface area (TPSA) is 101 Å². The van der Waals surface area contributed by atoms with Crippen molar-refractivity contribution in [1.29, 1.82) is 0 Å². The summed E-state index contributed by atoms with van der Waals surface area (Å²) in [5.41, 5.74) is -1.22. The van der Waals surface area contributed by atoms with Gasteiger partial charge < -0.3 is 24.8 Å². The third-order valence-corrected chi connectivity index (χ3v) is 5.84. The molecule has 1 aliphatic rings. The number of amides is 1. The summed E-state index contributed by atoms with van der Waals surface area (Å²) in [5.74, 6) is -2.35. The number of hydrogen-bond donors (Lipinski definition) is 2. The first-order valence-electron chi connectivity index (χ1n) is 11.5. The molecule has 1 amide bonds. The van der Waals surface area contributed by atoms with Gasteiger partial charge in [-0.1, -0.05) is 6.07 Å². The van der Waals surface area contributed by atoms with Gasteiger partial charge in [-0.2, -0.15) is 5.10 Å². The lowest BCUT2D eigenvalue weighted by Crippen LogP contribution is -2.45. The molecule has 0 aliphatic carbocycles. The minimum Gasteiger partial charge on any atom is -0.403 e. The smallest absolute Gasteiger partial charge is 0.403 e. The Bertz CT molecular complexity index is 1280. The number of nitrogens with zero attached hydrogens (tertiary/aromatic N) is 4. The van der Waals surface area contributed by atoms with Crippen molar-refractivity contribution in [2.75, 3.05) is 18.0 Å². The van der Waals surface area contributed by atoms with Crippen molar-refractivity contribution in [3.63, 3.8) is 0 Å². The number of nitrogens with one attached hydrogen (secondary N) is 1. The van der Waals surface area contributed by atoms with Crippen LogP contribution in [0.1, 0.15) is 49.7 Å². The van der Waals surface area contributed by atoms with Gasteiger partial charge in [0.05, 0.1) is 30.0 Å². The lowest BCUT2D eigenvalue weighted by molar-refractivity contribution is -0.275. The number of anilines is 1. The molecular formula is C24H27F4N5O4.